The summed E-state index contributed by atoms with van der Waals surface area (Å²) in [7, 11) is 1.98. The van der Waals surface area contributed by atoms with Crippen LogP contribution in [-0.4, -0.2) is 27.9 Å². The van der Waals surface area contributed by atoms with Gasteiger partial charge in [-0.15, -0.1) is 11.3 Å². The SMILES string of the molecule is Cn1nccc1[C@@H]1OCC[C@H]1CNCc1cnc(C2CC2)s1. The molecule has 2 aliphatic rings. The number of aryl methyl sites for hydroxylation is 1. The summed E-state index contributed by atoms with van der Waals surface area (Å²) in [5, 5.41) is 9.17. The molecular weight excluding hydrogens is 296 g/mol. The molecule has 2 atom stereocenters. The lowest BCUT2D eigenvalue weighted by Crippen LogP contribution is -2.25. The number of nitrogens with one attached hydrogen (secondary N) is 1. The van der Waals surface area contributed by atoms with Crippen molar-refractivity contribution in [2.75, 3.05) is 13.2 Å². The van der Waals surface area contributed by atoms with Crippen molar-refractivity contribution in [2.24, 2.45) is 13.0 Å². The molecule has 0 spiro atoms. The standard InChI is InChI=1S/C16H22N4OS/c1-20-14(4-6-19-20)15-12(5-7-21-15)8-17-9-13-10-18-16(22-13)11-2-3-11/h4,6,10-12,15,17H,2-3,5,7-9H2,1H3/t12-,15+/m0/s1. The fourth-order valence-corrected chi connectivity index (χ4v) is 4.19. The first kappa shape index (κ1) is 14.4. The molecule has 1 saturated carbocycles. The molecule has 1 aliphatic heterocycles. The van der Waals surface area contributed by atoms with Gasteiger partial charge in [0.15, 0.2) is 0 Å². The molecule has 118 valence electrons. The van der Waals surface area contributed by atoms with Crippen LogP contribution in [0.15, 0.2) is 18.5 Å². The molecule has 2 aromatic rings. The minimum Gasteiger partial charge on any atom is -0.372 e. The van der Waals surface area contributed by atoms with E-state index in [1.54, 1.807) is 0 Å². The van der Waals surface area contributed by atoms with Crippen LogP contribution in [0.1, 0.15) is 46.9 Å². The van der Waals surface area contributed by atoms with Crippen LogP contribution < -0.4 is 5.32 Å². The number of hydrogen-bond donors (Lipinski definition) is 1. The Hall–Kier alpha value is -1.24. The molecule has 6 heteroatoms. The topological polar surface area (TPSA) is 52.0 Å². The largest absolute Gasteiger partial charge is 0.372 e. The van der Waals surface area contributed by atoms with Gasteiger partial charge in [-0.2, -0.15) is 5.10 Å². The third kappa shape index (κ3) is 2.95. The number of aromatic nitrogens is 3. The summed E-state index contributed by atoms with van der Waals surface area (Å²) in [4.78, 5) is 5.88. The second-order valence-electron chi connectivity index (χ2n) is 6.29. The van der Waals surface area contributed by atoms with Crippen molar-refractivity contribution in [3.8, 4) is 0 Å². The summed E-state index contributed by atoms with van der Waals surface area (Å²) >= 11 is 1.87. The van der Waals surface area contributed by atoms with Gasteiger partial charge in [-0.05, 0) is 25.3 Å². The lowest BCUT2D eigenvalue weighted by atomic mass is 9.99. The van der Waals surface area contributed by atoms with E-state index in [2.05, 4.69) is 21.5 Å². The van der Waals surface area contributed by atoms with Crippen LogP contribution in [0.5, 0.6) is 0 Å². The van der Waals surface area contributed by atoms with E-state index in [1.807, 2.05) is 35.5 Å². The van der Waals surface area contributed by atoms with E-state index in [4.69, 9.17) is 4.74 Å². The summed E-state index contributed by atoms with van der Waals surface area (Å²) < 4.78 is 7.85. The van der Waals surface area contributed by atoms with Gasteiger partial charge in [0.1, 0.15) is 6.10 Å². The molecule has 4 rings (SSSR count). The Kier molecular flexibility index (Phi) is 3.98. The van der Waals surface area contributed by atoms with Crippen LogP contribution in [0, 0.1) is 5.92 Å². The van der Waals surface area contributed by atoms with Crippen LogP contribution in [0.2, 0.25) is 0 Å². The van der Waals surface area contributed by atoms with E-state index in [0.717, 1.165) is 32.0 Å². The molecule has 1 saturated heterocycles. The van der Waals surface area contributed by atoms with Gasteiger partial charge in [0.05, 0.1) is 10.7 Å². The normalized spacial score (nSPS) is 25.0. The fraction of sp³-hybridized carbons (Fsp3) is 0.625. The third-order valence-electron chi connectivity index (χ3n) is 4.57. The zero-order valence-corrected chi connectivity index (χ0v) is 13.7. The quantitative estimate of drug-likeness (QED) is 0.889. The highest BCUT2D eigenvalue weighted by Gasteiger charge is 2.31. The van der Waals surface area contributed by atoms with E-state index in [9.17, 15) is 0 Å². The summed E-state index contributed by atoms with van der Waals surface area (Å²) in [6.45, 7) is 2.74. The van der Waals surface area contributed by atoms with Crippen LogP contribution in [0.3, 0.4) is 0 Å². The molecule has 0 aromatic carbocycles. The predicted molar refractivity (Wildman–Crippen MR) is 85.8 cm³/mol. The molecule has 2 fully saturated rings. The highest BCUT2D eigenvalue weighted by Crippen LogP contribution is 2.41. The van der Waals surface area contributed by atoms with Crippen molar-refractivity contribution >= 4 is 11.3 Å². The van der Waals surface area contributed by atoms with Gasteiger partial charge >= 0.3 is 0 Å². The maximum Gasteiger partial charge on any atom is 0.103 e. The second kappa shape index (κ2) is 6.10. The van der Waals surface area contributed by atoms with Crippen LogP contribution >= 0.6 is 11.3 Å². The average Bonchev–Trinajstić information content (AvgIpc) is 2.91. The number of rotatable bonds is 6. The molecular formula is C16H22N4OS. The highest BCUT2D eigenvalue weighted by atomic mass is 32.1. The van der Waals surface area contributed by atoms with Crippen molar-refractivity contribution in [1.29, 1.82) is 0 Å². The Balaban J connectivity index is 1.31. The second-order valence-corrected chi connectivity index (χ2v) is 7.44. The van der Waals surface area contributed by atoms with Crippen molar-refractivity contribution in [3.05, 3.63) is 34.0 Å². The van der Waals surface area contributed by atoms with E-state index >= 15 is 0 Å². The molecule has 0 unspecified atom stereocenters. The zero-order valence-electron chi connectivity index (χ0n) is 12.9. The maximum absolute atomic E-state index is 5.93. The molecule has 0 radical (unpaired) electrons. The average molecular weight is 318 g/mol. The van der Waals surface area contributed by atoms with Crippen LogP contribution in [0.4, 0.5) is 0 Å². The molecule has 0 bridgehead atoms. The summed E-state index contributed by atoms with van der Waals surface area (Å²) in [6, 6.07) is 2.06. The molecule has 1 aliphatic carbocycles. The van der Waals surface area contributed by atoms with Gasteiger partial charge in [0, 0.05) is 55.9 Å². The third-order valence-corrected chi connectivity index (χ3v) is 5.73. The van der Waals surface area contributed by atoms with Crippen LogP contribution in [-0.2, 0) is 18.3 Å². The monoisotopic (exact) mass is 318 g/mol. The first-order chi connectivity index (χ1) is 10.8. The van der Waals surface area contributed by atoms with Crippen molar-refractivity contribution < 1.29 is 4.74 Å². The lowest BCUT2D eigenvalue weighted by Gasteiger charge is -2.19. The van der Waals surface area contributed by atoms with Crippen molar-refractivity contribution in [1.82, 2.24) is 20.1 Å². The number of thiazole rings is 1. The number of nitrogens with zero attached hydrogens (tertiary/aromatic N) is 3. The Morgan fingerprint density at radius 1 is 1.41 bits per heavy atom. The maximum atomic E-state index is 5.93. The predicted octanol–water partition coefficient (Wildman–Crippen LogP) is 2.62. The minimum absolute atomic E-state index is 0.170. The van der Waals surface area contributed by atoms with Gasteiger partial charge in [0.25, 0.3) is 0 Å². The zero-order chi connectivity index (χ0) is 14.9. The van der Waals surface area contributed by atoms with E-state index in [-0.39, 0.29) is 6.10 Å². The molecule has 22 heavy (non-hydrogen) atoms. The Bertz CT molecular complexity index is 634. The molecule has 3 heterocycles. The Morgan fingerprint density at radius 3 is 3.09 bits per heavy atom. The summed E-state index contributed by atoms with van der Waals surface area (Å²) in [6.07, 6.45) is 7.81. The van der Waals surface area contributed by atoms with Crippen molar-refractivity contribution in [3.63, 3.8) is 0 Å². The van der Waals surface area contributed by atoms with Gasteiger partial charge in [-0.25, -0.2) is 4.98 Å². The fourth-order valence-electron chi connectivity index (χ4n) is 3.14. The smallest absolute Gasteiger partial charge is 0.103 e. The first-order valence-corrected chi connectivity index (χ1v) is 8.87. The number of hydrogen-bond acceptors (Lipinski definition) is 5. The van der Waals surface area contributed by atoms with Crippen LogP contribution in [0.25, 0.3) is 0 Å². The van der Waals surface area contributed by atoms with Gasteiger partial charge in [0.2, 0.25) is 0 Å². The van der Waals surface area contributed by atoms with E-state index < -0.39 is 0 Å². The molecule has 1 N–H and O–H groups in total. The van der Waals surface area contributed by atoms with Gasteiger partial charge in [-0.1, -0.05) is 0 Å². The Morgan fingerprint density at radius 2 is 2.32 bits per heavy atom. The Labute approximate surface area is 134 Å². The van der Waals surface area contributed by atoms with Crippen molar-refractivity contribution in [2.45, 2.75) is 37.8 Å². The first-order valence-electron chi connectivity index (χ1n) is 8.06. The lowest BCUT2D eigenvalue weighted by molar-refractivity contribution is 0.0838. The highest BCUT2D eigenvalue weighted by molar-refractivity contribution is 7.11. The molecule has 5 nitrogen and oxygen atoms in total. The minimum atomic E-state index is 0.170. The summed E-state index contributed by atoms with van der Waals surface area (Å²) in [5.74, 6) is 1.28. The van der Waals surface area contributed by atoms with E-state index in [0.29, 0.717) is 5.92 Å². The van der Waals surface area contributed by atoms with Gasteiger partial charge < -0.3 is 10.1 Å². The van der Waals surface area contributed by atoms with Gasteiger partial charge in [-0.3, -0.25) is 4.68 Å². The summed E-state index contributed by atoms with van der Waals surface area (Å²) in [5.41, 5.74) is 1.18. The molecule has 0 amide bonds. The molecule has 2 aromatic heterocycles. The van der Waals surface area contributed by atoms with E-state index in [1.165, 1.54) is 28.4 Å². The number of ether oxygens (including phenoxy) is 1.